The zero-order valence-electron chi connectivity index (χ0n) is 10.9. The van der Waals surface area contributed by atoms with Gasteiger partial charge in [-0.05, 0) is 31.5 Å². The standard InChI is InChI=1S/C13H16N2O3/c1-8-5-6-10-9(7-8)15(4)12(17)13(2,18-10)11(16)14-3/h5-7H,1-4H3,(H,14,16). The Kier molecular flexibility index (Phi) is 2.77. The lowest BCUT2D eigenvalue weighted by molar-refractivity contribution is -0.147. The second-order valence-corrected chi connectivity index (χ2v) is 4.55. The average Bonchev–Trinajstić information content (AvgIpc) is 2.36. The number of nitrogens with one attached hydrogen (secondary N) is 1. The van der Waals surface area contributed by atoms with Crippen LogP contribution in [0.1, 0.15) is 12.5 Å². The molecule has 1 atom stereocenters. The number of carbonyl (C=O) groups is 2. The summed E-state index contributed by atoms with van der Waals surface area (Å²) in [7, 11) is 3.12. The Morgan fingerprint density at radius 3 is 2.72 bits per heavy atom. The topological polar surface area (TPSA) is 58.6 Å². The molecule has 0 bridgehead atoms. The van der Waals surface area contributed by atoms with Gasteiger partial charge in [0.1, 0.15) is 5.75 Å². The number of ether oxygens (including phenoxy) is 1. The van der Waals surface area contributed by atoms with Crippen molar-refractivity contribution in [1.82, 2.24) is 5.32 Å². The molecule has 0 spiro atoms. The van der Waals surface area contributed by atoms with Crippen LogP contribution < -0.4 is 15.0 Å². The lowest BCUT2D eigenvalue weighted by atomic mass is 10.00. The molecule has 5 heteroatoms. The number of aryl methyl sites for hydroxylation is 1. The van der Waals surface area contributed by atoms with Gasteiger partial charge in [0.05, 0.1) is 5.69 Å². The van der Waals surface area contributed by atoms with E-state index in [9.17, 15) is 9.59 Å². The van der Waals surface area contributed by atoms with Crippen molar-refractivity contribution < 1.29 is 14.3 Å². The van der Waals surface area contributed by atoms with E-state index in [4.69, 9.17) is 4.74 Å². The second-order valence-electron chi connectivity index (χ2n) is 4.55. The van der Waals surface area contributed by atoms with E-state index >= 15 is 0 Å². The highest BCUT2D eigenvalue weighted by Crippen LogP contribution is 2.37. The molecule has 1 N–H and O–H groups in total. The van der Waals surface area contributed by atoms with Gasteiger partial charge < -0.3 is 15.0 Å². The highest BCUT2D eigenvalue weighted by Gasteiger charge is 2.49. The Morgan fingerprint density at radius 1 is 1.44 bits per heavy atom. The molecule has 1 aromatic rings. The Labute approximate surface area is 106 Å². The number of hydrogen-bond donors (Lipinski definition) is 1. The summed E-state index contributed by atoms with van der Waals surface area (Å²) in [6.07, 6.45) is 0. The summed E-state index contributed by atoms with van der Waals surface area (Å²) in [4.78, 5) is 25.6. The van der Waals surface area contributed by atoms with Gasteiger partial charge in [-0.15, -0.1) is 0 Å². The number of nitrogens with zero attached hydrogens (tertiary/aromatic N) is 1. The summed E-state index contributed by atoms with van der Waals surface area (Å²) < 4.78 is 5.61. The quantitative estimate of drug-likeness (QED) is 0.750. The first-order valence-corrected chi connectivity index (χ1v) is 5.70. The van der Waals surface area contributed by atoms with E-state index in [1.807, 2.05) is 19.1 Å². The molecule has 2 rings (SSSR count). The zero-order chi connectivity index (χ0) is 13.5. The van der Waals surface area contributed by atoms with Gasteiger partial charge in [0.15, 0.2) is 0 Å². The Morgan fingerprint density at radius 2 is 2.11 bits per heavy atom. The van der Waals surface area contributed by atoms with E-state index in [0.717, 1.165) is 5.56 Å². The molecule has 2 amide bonds. The van der Waals surface area contributed by atoms with Gasteiger partial charge in [-0.25, -0.2) is 0 Å². The molecule has 1 aromatic carbocycles. The van der Waals surface area contributed by atoms with Crippen molar-refractivity contribution in [3.8, 4) is 5.75 Å². The van der Waals surface area contributed by atoms with Gasteiger partial charge in [-0.1, -0.05) is 6.07 Å². The van der Waals surface area contributed by atoms with Gasteiger partial charge in [0.2, 0.25) is 0 Å². The number of anilines is 1. The molecule has 1 unspecified atom stereocenters. The monoisotopic (exact) mass is 248 g/mol. The van der Waals surface area contributed by atoms with Crippen LogP contribution in [0.3, 0.4) is 0 Å². The van der Waals surface area contributed by atoms with Crippen LogP contribution in [0.4, 0.5) is 5.69 Å². The van der Waals surface area contributed by atoms with Crippen molar-refractivity contribution in [2.24, 2.45) is 0 Å². The van der Waals surface area contributed by atoms with Crippen LogP contribution in [0.25, 0.3) is 0 Å². The summed E-state index contributed by atoms with van der Waals surface area (Å²) in [5, 5.41) is 2.46. The van der Waals surface area contributed by atoms with Crippen LogP contribution in [-0.2, 0) is 9.59 Å². The molecule has 0 aromatic heterocycles. The summed E-state index contributed by atoms with van der Waals surface area (Å²) in [6.45, 7) is 3.42. The summed E-state index contributed by atoms with van der Waals surface area (Å²) in [5.41, 5.74) is 0.202. The number of benzene rings is 1. The van der Waals surface area contributed by atoms with Crippen LogP contribution in [0.2, 0.25) is 0 Å². The minimum Gasteiger partial charge on any atom is -0.466 e. The number of amides is 2. The van der Waals surface area contributed by atoms with Crippen LogP contribution in [-0.4, -0.2) is 31.5 Å². The molecule has 0 saturated heterocycles. The molecule has 1 aliphatic heterocycles. The van der Waals surface area contributed by atoms with E-state index in [-0.39, 0.29) is 5.91 Å². The van der Waals surface area contributed by atoms with Gasteiger partial charge in [0.25, 0.3) is 17.4 Å². The largest absolute Gasteiger partial charge is 0.466 e. The Hall–Kier alpha value is -2.04. The van der Waals surface area contributed by atoms with Crippen LogP contribution in [0, 0.1) is 6.92 Å². The maximum Gasteiger partial charge on any atom is 0.280 e. The smallest absolute Gasteiger partial charge is 0.280 e. The maximum absolute atomic E-state index is 12.3. The molecule has 0 fully saturated rings. The molecule has 0 radical (unpaired) electrons. The molecule has 0 saturated carbocycles. The third kappa shape index (κ3) is 1.63. The van der Waals surface area contributed by atoms with Crippen LogP contribution >= 0.6 is 0 Å². The average molecular weight is 248 g/mol. The minimum absolute atomic E-state index is 0.375. The predicted octanol–water partition coefficient (Wildman–Crippen LogP) is 0.855. The first-order valence-electron chi connectivity index (χ1n) is 5.70. The fourth-order valence-corrected chi connectivity index (χ4v) is 2.05. The normalized spacial score (nSPS) is 22.2. The van der Waals surface area contributed by atoms with E-state index in [2.05, 4.69) is 5.32 Å². The summed E-state index contributed by atoms with van der Waals surface area (Å²) in [6, 6.07) is 5.51. The maximum atomic E-state index is 12.3. The first-order chi connectivity index (χ1) is 8.40. The van der Waals surface area contributed by atoms with Crippen molar-refractivity contribution >= 4 is 17.5 Å². The van der Waals surface area contributed by atoms with Crippen molar-refractivity contribution in [2.75, 3.05) is 19.0 Å². The van der Waals surface area contributed by atoms with E-state index < -0.39 is 11.5 Å². The highest BCUT2D eigenvalue weighted by atomic mass is 16.5. The molecule has 1 heterocycles. The molecular weight excluding hydrogens is 232 g/mol. The van der Waals surface area contributed by atoms with Gasteiger partial charge in [0, 0.05) is 14.1 Å². The fraction of sp³-hybridized carbons (Fsp3) is 0.385. The number of likely N-dealkylation sites (N-methyl/N-ethyl adjacent to an activating group) is 2. The predicted molar refractivity (Wildman–Crippen MR) is 67.7 cm³/mol. The summed E-state index contributed by atoms with van der Waals surface area (Å²) in [5.74, 6) is -0.292. The fourth-order valence-electron chi connectivity index (χ4n) is 2.05. The summed E-state index contributed by atoms with van der Waals surface area (Å²) >= 11 is 0. The van der Waals surface area contributed by atoms with Crippen molar-refractivity contribution in [1.29, 1.82) is 0 Å². The van der Waals surface area contributed by atoms with Crippen LogP contribution in [0.5, 0.6) is 5.75 Å². The van der Waals surface area contributed by atoms with Crippen molar-refractivity contribution in [3.63, 3.8) is 0 Å². The molecule has 18 heavy (non-hydrogen) atoms. The SMILES string of the molecule is CNC(=O)C1(C)Oc2ccc(C)cc2N(C)C1=O. The Balaban J connectivity index is 2.53. The van der Waals surface area contributed by atoms with E-state index in [1.54, 1.807) is 13.1 Å². The Bertz CT molecular complexity index is 527. The molecular formula is C13H16N2O3. The van der Waals surface area contributed by atoms with Gasteiger partial charge in [-0.3, -0.25) is 9.59 Å². The number of fused-ring (bicyclic) bond motifs is 1. The first kappa shape index (κ1) is 12.4. The zero-order valence-corrected chi connectivity index (χ0v) is 10.9. The van der Waals surface area contributed by atoms with Crippen LogP contribution in [0.15, 0.2) is 18.2 Å². The van der Waals surface area contributed by atoms with E-state index in [0.29, 0.717) is 11.4 Å². The van der Waals surface area contributed by atoms with Crippen molar-refractivity contribution in [2.45, 2.75) is 19.4 Å². The number of hydrogen-bond acceptors (Lipinski definition) is 3. The second kappa shape index (κ2) is 4.01. The minimum atomic E-state index is -1.51. The lowest BCUT2D eigenvalue weighted by Crippen LogP contribution is -2.61. The van der Waals surface area contributed by atoms with Crippen molar-refractivity contribution in [3.05, 3.63) is 23.8 Å². The third-order valence-corrected chi connectivity index (χ3v) is 3.16. The molecule has 5 nitrogen and oxygen atoms in total. The number of carbonyl (C=O) groups excluding carboxylic acids is 2. The highest BCUT2D eigenvalue weighted by molar-refractivity contribution is 6.16. The van der Waals surface area contributed by atoms with Gasteiger partial charge >= 0.3 is 0 Å². The van der Waals surface area contributed by atoms with Gasteiger partial charge in [-0.2, -0.15) is 0 Å². The van der Waals surface area contributed by atoms with E-state index in [1.165, 1.54) is 18.9 Å². The number of rotatable bonds is 1. The molecule has 1 aliphatic rings. The molecule has 0 aliphatic carbocycles. The lowest BCUT2D eigenvalue weighted by Gasteiger charge is -2.37. The third-order valence-electron chi connectivity index (χ3n) is 3.16. The molecule has 96 valence electrons.